The molecule has 5 heteroatoms. The van der Waals surface area contributed by atoms with Gasteiger partial charge in [0.2, 0.25) is 5.91 Å². The fraction of sp³-hybridized carbons (Fsp3) is 0.500. The lowest BCUT2D eigenvalue weighted by Gasteiger charge is -2.27. The third-order valence-electron chi connectivity index (χ3n) is 5.20. The SMILES string of the molecule is Cc1ccc(NC(=O)C2C3CC4C(OC(=O)C42)C3O)cc1. The van der Waals surface area contributed by atoms with Crippen molar-refractivity contribution in [2.24, 2.45) is 23.7 Å². The monoisotopic (exact) mass is 287 g/mol. The number of amides is 1. The smallest absolute Gasteiger partial charge is 0.310 e. The number of esters is 1. The Morgan fingerprint density at radius 1 is 1.29 bits per heavy atom. The van der Waals surface area contributed by atoms with E-state index in [0.717, 1.165) is 5.56 Å². The molecule has 2 aliphatic carbocycles. The lowest BCUT2D eigenvalue weighted by molar-refractivity contribution is -0.146. The standard InChI is InChI=1S/C16H17NO4/c1-7-2-4-8(5-3-7)17-15(19)11-9-6-10-12(11)16(20)21-14(10)13(9)18/h2-5,9-14,18H,6H2,1H3,(H,17,19). The average molecular weight is 287 g/mol. The zero-order valence-corrected chi connectivity index (χ0v) is 11.7. The van der Waals surface area contributed by atoms with E-state index in [1.807, 2.05) is 31.2 Å². The maximum Gasteiger partial charge on any atom is 0.310 e. The number of carbonyl (C=O) groups is 2. The fourth-order valence-electron chi connectivity index (χ4n) is 4.24. The summed E-state index contributed by atoms with van der Waals surface area (Å²) in [6.07, 6.45) is -0.392. The maximum absolute atomic E-state index is 12.5. The Hall–Kier alpha value is -1.88. The highest BCUT2D eigenvalue weighted by Crippen LogP contribution is 2.57. The molecule has 110 valence electrons. The summed E-state index contributed by atoms with van der Waals surface area (Å²) in [7, 11) is 0. The largest absolute Gasteiger partial charge is 0.459 e. The highest BCUT2D eigenvalue weighted by atomic mass is 16.6. The van der Waals surface area contributed by atoms with Gasteiger partial charge in [0.05, 0.1) is 17.9 Å². The molecule has 1 heterocycles. The minimum Gasteiger partial charge on any atom is -0.459 e. The highest BCUT2D eigenvalue weighted by molar-refractivity contribution is 5.97. The molecule has 0 spiro atoms. The van der Waals surface area contributed by atoms with Crippen LogP contribution in [-0.2, 0) is 14.3 Å². The lowest BCUT2D eigenvalue weighted by atomic mass is 9.78. The summed E-state index contributed by atoms with van der Waals surface area (Å²) in [5, 5.41) is 13.1. The number of nitrogens with one attached hydrogen (secondary N) is 1. The van der Waals surface area contributed by atoms with Crippen LogP contribution < -0.4 is 5.32 Å². The number of aliphatic hydroxyl groups is 1. The molecule has 2 saturated carbocycles. The van der Waals surface area contributed by atoms with E-state index in [-0.39, 0.29) is 29.6 Å². The number of ether oxygens (including phenoxy) is 1. The number of hydrogen-bond acceptors (Lipinski definition) is 4. The number of carbonyl (C=O) groups excluding carboxylic acids is 2. The molecule has 6 atom stereocenters. The first kappa shape index (κ1) is 12.8. The number of anilines is 1. The van der Waals surface area contributed by atoms with Gasteiger partial charge in [-0.1, -0.05) is 17.7 Å². The van der Waals surface area contributed by atoms with Crippen LogP contribution >= 0.6 is 0 Å². The van der Waals surface area contributed by atoms with Crippen LogP contribution in [0.15, 0.2) is 24.3 Å². The average Bonchev–Trinajstić information content (AvgIpc) is 3.05. The molecule has 6 unspecified atom stereocenters. The van der Waals surface area contributed by atoms with Gasteiger partial charge in [-0.3, -0.25) is 9.59 Å². The number of rotatable bonds is 2. The molecule has 5 nitrogen and oxygen atoms in total. The third kappa shape index (κ3) is 1.73. The van der Waals surface area contributed by atoms with Gasteiger partial charge in [-0.2, -0.15) is 0 Å². The topological polar surface area (TPSA) is 75.6 Å². The van der Waals surface area contributed by atoms with Gasteiger partial charge in [-0.15, -0.1) is 0 Å². The van der Waals surface area contributed by atoms with E-state index in [1.165, 1.54) is 0 Å². The predicted molar refractivity (Wildman–Crippen MR) is 74.3 cm³/mol. The molecule has 4 rings (SSSR count). The van der Waals surface area contributed by atoms with E-state index in [1.54, 1.807) is 0 Å². The highest BCUT2D eigenvalue weighted by Gasteiger charge is 2.68. The number of aryl methyl sites for hydroxylation is 1. The second-order valence-corrected chi connectivity index (χ2v) is 6.36. The molecule has 1 aromatic carbocycles. The van der Waals surface area contributed by atoms with E-state index in [2.05, 4.69) is 5.32 Å². The Labute approximate surface area is 122 Å². The Morgan fingerprint density at radius 2 is 2.00 bits per heavy atom. The van der Waals surface area contributed by atoms with Gasteiger partial charge in [0.1, 0.15) is 6.10 Å². The summed E-state index contributed by atoms with van der Waals surface area (Å²) >= 11 is 0. The van der Waals surface area contributed by atoms with Crippen molar-refractivity contribution in [1.82, 2.24) is 0 Å². The van der Waals surface area contributed by atoms with Crippen LogP contribution in [-0.4, -0.2) is 29.2 Å². The molecular weight excluding hydrogens is 270 g/mol. The summed E-state index contributed by atoms with van der Waals surface area (Å²) < 4.78 is 5.23. The first-order chi connectivity index (χ1) is 10.1. The Kier molecular flexibility index (Phi) is 2.63. The van der Waals surface area contributed by atoms with E-state index >= 15 is 0 Å². The van der Waals surface area contributed by atoms with Gasteiger partial charge in [0.25, 0.3) is 0 Å². The van der Waals surface area contributed by atoms with Gasteiger partial charge in [0.15, 0.2) is 0 Å². The van der Waals surface area contributed by atoms with Gasteiger partial charge >= 0.3 is 5.97 Å². The predicted octanol–water partition coefficient (Wildman–Crippen LogP) is 1.10. The van der Waals surface area contributed by atoms with E-state index < -0.39 is 18.1 Å². The van der Waals surface area contributed by atoms with Crippen LogP contribution in [0.25, 0.3) is 0 Å². The van der Waals surface area contributed by atoms with Gasteiger partial charge in [-0.25, -0.2) is 0 Å². The van der Waals surface area contributed by atoms with E-state index in [9.17, 15) is 14.7 Å². The van der Waals surface area contributed by atoms with Crippen molar-refractivity contribution in [3.63, 3.8) is 0 Å². The minimum atomic E-state index is -0.702. The van der Waals surface area contributed by atoms with Crippen LogP contribution in [0.3, 0.4) is 0 Å². The van der Waals surface area contributed by atoms with Gasteiger partial charge in [-0.05, 0) is 25.5 Å². The molecule has 3 fully saturated rings. The third-order valence-corrected chi connectivity index (χ3v) is 5.20. The maximum atomic E-state index is 12.5. The Bertz CT molecular complexity index is 611. The summed E-state index contributed by atoms with van der Waals surface area (Å²) in [4.78, 5) is 24.5. The quantitative estimate of drug-likeness (QED) is 0.799. The van der Waals surface area contributed by atoms with Crippen molar-refractivity contribution in [3.05, 3.63) is 29.8 Å². The van der Waals surface area contributed by atoms with Crippen LogP contribution in [0, 0.1) is 30.6 Å². The summed E-state index contributed by atoms with van der Waals surface area (Å²) in [5.74, 6) is -1.53. The fourth-order valence-corrected chi connectivity index (χ4v) is 4.24. The zero-order valence-electron chi connectivity index (χ0n) is 11.7. The number of fused-ring (bicyclic) bond motifs is 1. The van der Waals surface area contributed by atoms with Crippen LogP contribution in [0.4, 0.5) is 5.69 Å². The second kappa shape index (κ2) is 4.31. The van der Waals surface area contributed by atoms with Crippen LogP contribution in [0.1, 0.15) is 12.0 Å². The minimum absolute atomic E-state index is 0.00580. The normalized spacial score (nSPS) is 39.4. The molecule has 21 heavy (non-hydrogen) atoms. The van der Waals surface area contributed by atoms with E-state index in [4.69, 9.17) is 4.74 Å². The Balaban J connectivity index is 1.57. The molecular formula is C16H17NO4. The van der Waals surface area contributed by atoms with Crippen LogP contribution in [0.2, 0.25) is 0 Å². The van der Waals surface area contributed by atoms with Crippen molar-refractivity contribution in [2.75, 3.05) is 5.32 Å². The van der Waals surface area contributed by atoms with Gasteiger partial charge in [0, 0.05) is 17.5 Å². The van der Waals surface area contributed by atoms with Crippen LogP contribution in [0.5, 0.6) is 0 Å². The summed E-state index contributed by atoms with van der Waals surface area (Å²) in [5.41, 5.74) is 1.83. The van der Waals surface area contributed by atoms with Crippen molar-refractivity contribution >= 4 is 17.6 Å². The number of aliphatic hydroxyl groups excluding tert-OH is 1. The second-order valence-electron chi connectivity index (χ2n) is 6.36. The first-order valence-corrected chi connectivity index (χ1v) is 7.32. The van der Waals surface area contributed by atoms with Gasteiger partial charge < -0.3 is 15.2 Å². The molecule has 2 bridgehead atoms. The molecule has 0 aromatic heterocycles. The van der Waals surface area contributed by atoms with E-state index in [0.29, 0.717) is 12.1 Å². The van der Waals surface area contributed by atoms with Crippen molar-refractivity contribution < 1.29 is 19.4 Å². The first-order valence-electron chi connectivity index (χ1n) is 7.32. The van der Waals surface area contributed by atoms with Crippen molar-refractivity contribution in [1.29, 1.82) is 0 Å². The molecule has 1 aromatic rings. The molecule has 3 aliphatic rings. The summed E-state index contributed by atoms with van der Waals surface area (Å²) in [6, 6.07) is 7.52. The Morgan fingerprint density at radius 3 is 2.71 bits per heavy atom. The summed E-state index contributed by atoms with van der Waals surface area (Å²) in [6.45, 7) is 1.98. The van der Waals surface area contributed by atoms with Crippen molar-refractivity contribution in [2.45, 2.75) is 25.6 Å². The zero-order chi connectivity index (χ0) is 14.7. The molecule has 1 aliphatic heterocycles. The lowest BCUT2D eigenvalue weighted by Crippen LogP contribution is -2.42. The molecule has 0 radical (unpaired) electrons. The molecule has 2 N–H and O–H groups in total. The molecule has 1 amide bonds. The molecule has 1 saturated heterocycles. The number of hydrogen-bond donors (Lipinski definition) is 2. The number of benzene rings is 1. The van der Waals surface area contributed by atoms with Crippen molar-refractivity contribution in [3.8, 4) is 0 Å².